The third-order valence-electron chi connectivity index (χ3n) is 4.75. The Bertz CT molecular complexity index is 834. The van der Waals surface area contributed by atoms with Crippen LogP contribution in [0.5, 0.6) is 0 Å². The summed E-state index contributed by atoms with van der Waals surface area (Å²) < 4.78 is 5.38. The van der Waals surface area contributed by atoms with Crippen molar-refractivity contribution in [1.29, 1.82) is 0 Å². The molecule has 1 aliphatic rings. The summed E-state index contributed by atoms with van der Waals surface area (Å²) in [6.07, 6.45) is 5.57. The van der Waals surface area contributed by atoms with Crippen LogP contribution >= 0.6 is 12.4 Å². The van der Waals surface area contributed by atoms with Gasteiger partial charge < -0.3 is 15.2 Å². The van der Waals surface area contributed by atoms with Crippen LogP contribution in [0.15, 0.2) is 22.7 Å². The number of H-pyrrole nitrogens is 1. The Morgan fingerprint density at radius 3 is 2.75 bits per heavy atom. The van der Waals surface area contributed by atoms with Crippen molar-refractivity contribution < 1.29 is 4.52 Å². The fraction of sp³-hybridized carbons (Fsp3) is 0.471. The highest BCUT2D eigenvalue weighted by Gasteiger charge is 2.35. The lowest BCUT2D eigenvalue weighted by Crippen LogP contribution is -2.34. The molecule has 1 fully saturated rings. The maximum Gasteiger partial charge on any atom is 0.227 e. The molecule has 0 unspecified atom stereocenters. The smallest absolute Gasteiger partial charge is 0.227 e. The van der Waals surface area contributed by atoms with Gasteiger partial charge in [0, 0.05) is 12.8 Å². The van der Waals surface area contributed by atoms with Crippen LogP contribution in [0.3, 0.4) is 0 Å². The van der Waals surface area contributed by atoms with Gasteiger partial charge in [0.1, 0.15) is 5.82 Å². The Morgan fingerprint density at radius 1 is 1.21 bits per heavy atom. The predicted octanol–water partition coefficient (Wildman–Crippen LogP) is 3.19. The Kier molecular flexibility index (Phi) is 4.60. The van der Waals surface area contributed by atoms with Crippen LogP contribution in [0.25, 0.3) is 11.0 Å². The lowest BCUT2D eigenvalue weighted by molar-refractivity contribution is 0.348. The second kappa shape index (κ2) is 6.53. The van der Waals surface area contributed by atoms with Crippen LogP contribution in [-0.2, 0) is 18.4 Å². The molecule has 24 heavy (non-hydrogen) atoms. The number of benzene rings is 1. The molecule has 0 radical (unpaired) electrons. The van der Waals surface area contributed by atoms with Gasteiger partial charge in [0.05, 0.1) is 16.6 Å². The number of hydrogen-bond donors (Lipinski definition) is 2. The molecule has 0 aliphatic heterocycles. The molecule has 0 amide bonds. The standard InChI is InChI=1S/C17H21N5O.ClH/c1-11-5-4-6-12-15(11)20-13(19-12)7-8-14-21-16(22-23-14)17(18)9-2-3-10-17;/h4-6H,2-3,7-10,18H2,1H3,(H,19,20);1H. The number of rotatable bonds is 4. The summed E-state index contributed by atoms with van der Waals surface area (Å²) in [7, 11) is 0. The molecule has 0 bridgehead atoms. The van der Waals surface area contributed by atoms with Gasteiger partial charge in [-0.2, -0.15) is 4.98 Å². The fourth-order valence-corrected chi connectivity index (χ4v) is 3.36. The van der Waals surface area contributed by atoms with Crippen LogP contribution in [0.1, 0.15) is 48.8 Å². The number of halogens is 1. The Labute approximate surface area is 146 Å². The first-order chi connectivity index (χ1) is 11.1. The number of nitrogens with two attached hydrogens (primary N) is 1. The van der Waals surface area contributed by atoms with Gasteiger partial charge in [-0.25, -0.2) is 4.98 Å². The molecule has 3 aromatic rings. The number of fused-ring (bicyclic) bond motifs is 1. The first-order valence-corrected chi connectivity index (χ1v) is 8.20. The molecule has 128 valence electrons. The normalized spacial score (nSPS) is 16.4. The summed E-state index contributed by atoms with van der Waals surface area (Å²) in [4.78, 5) is 12.5. The number of nitrogens with one attached hydrogen (secondary N) is 1. The van der Waals surface area contributed by atoms with Crippen molar-refractivity contribution in [3.8, 4) is 0 Å². The first-order valence-electron chi connectivity index (χ1n) is 8.20. The molecule has 7 heteroatoms. The molecule has 2 heterocycles. The molecule has 0 saturated heterocycles. The third-order valence-corrected chi connectivity index (χ3v) is 4.75. The zero-order chi connectivity index (χ0) is 15.9. The van der Waals surface area contributed by atoms with Gasteiger partial charge in [0.15, 0.2) is 5.82 Å². The maximum absolute atomic E-state index is 6.37. The molecule has 3 N–H and O–H groups in total. The summed E-state index contributed by atoms with van der Waals surface area (Å²) in [5, 5.41) is 4.10. The lowest BCUT2D eigenvalue weighted by atomic mass is 9.99. The molecular formula is C17H22ClN5O. The molecule has 2 aromatic heterocycles. The Balaban J connectivity index is 0.00000169. The quantitative estimate of drug-likeness (QED) is 0.755. The van der Waals surface area contributed by atoms with E-state index in [2.05, 4.69) is 33.1 Å². The third kappa shape index (κ3) is 3.03. The lowest BCUT2D eigenvalue weighted by Gasteiger charge is -2.17. The Morgan fingerprint density at radius 2 is 2.00 bits per heavy atom. The number of hydrogen-bond acceptors (Lipinski definition) is 5. The van der Waals surface area contributed by atoms with Crippen molar-refractivity contribution in [2.24, 2.45) is 5.73 Å². The summed E-state index contributed by atoms with van der Waals surface area (Å²) in [6, 6.07) is 6.15. The number of imidazole rings is 1. The van der Waals surface area contributed by atoms with Crippen LogP contribution in [0.2, 0.25) is 0 Å². The van der Waals surface area contributed by atoms with E-state index in [0.29, 0.717) is 18.1 Å². The number of para-hydroxylation sites is 1. The summed E-state index contributed by atoms with van der Waals surface area (Å²) >= 11 is 0. The summed E-state index contributed by atoms with van der Waals surface area (Å²) in [5.74, 6) is 2.23. The van der Waals surface area contributed by atoms with Crippen LogP contribution in [0.4, 0.5) is 0 Å². The van der Waals surface area contributed by atoms with E-state index in [9.17, 15) is 0 Å². The molecule has 0 atom stereocenters. The van der Waals surface area contributed by atoms with Gasteiger partial charge in [0.2, 0.25) is 5.89 Å². The van der Waals surface area contributed by atoms with E-state index >= 15 is 0 Å². The molecule has 1 aliphatic carbocycles. The summed E-state index contributed by atoms with van der Waals surface area (Å²) in [6.45, 7) is 2.07. The maximum atomic E-state index is 6.37. The molecule has 1 aromatic carbocycles. The number of aryl methyl sites for hydroxylation is 3. The molecule has 6 nitrogen and oxygen atoms in total. The van der Waals surface area contributed by atoms with Gasteiger partial charge in [-0.1, -0.05) is 30.1 Å². The van der Waals surface area contributed by atoms with Crippen LogP contribution in [0, 0.1) is 6.92 Å². The number of aromatic amines is 1. The zero-order valence-electron chi connectivity index (χ0n) is 13.7. The van der Waals surface area contributed by atoms with E-state index in [4.69, 9.17) is 10.3 Å². The fourth-order valence-electron chi connectivity index (χ4n) is 3.36. The highest BCUT2D eigenvalue weighted by atomic mass is 35.5. The highest BCUT2D eigenvalue weighted by Crippen LogP contribution is 2.34. The second-order valence-electron chi connectivity index (χ2n) is 6.53. The van der Waals surface area contributed by atoms with E-state index < -0.39 is 5.54 Å². The highest BCUT2D eigenvalue weighted by molar-refractivity contribution is 5.85. The van der Waals surface area contributed by atoms with Crippen molar-refractivity contribution in [3.05, 3.63) is 41.3 Å². The average molecular weight is 348 g/mol. The van der Waals surface area contributed by atoms with Crippen molar-refractivity contribution in [3.63, 3.8) is 0 Å². The molecule has 4 rings (SSSR count). The Hall–Kier alpha value is -1.92. The average Bonchev–Trinajstić information content (AvgIpc) is 3.24. The monoisotopic (exact) mass is 347 g/mol. The van der Waals surface area contributed by atoms with Crippen LogP contribution < -0.4 is 5.73 Å². The molecule has 1 saturated carbocycles. The minimum atomic E-state index is -0.391. The topological polar surface area (TPSA) is 93.6 Å². The van der Waals surface area contributed by atoms with Gasteiger partial charge in [-0.15, -0.1) is 12.4 Å². The van der Waals surface area contributed by atoms with Crippen molar-refractivity contribution in [2.75, 3.05) is 0 Å². The van der Waals surface area contributed by atoms with Crippen molar-refractivity contribution >= 4 is 23.4 Å². The minimum absolute atomic E-state index is 0. The van der Waals surface area contributed by atoms with E-state index in [1.54, 1.807) is 0 Å². The van der Waals surface area contributed by atoms with E-state index in [0.717, 1.165) is 49.0 Å². The van der Waals surface area contributed by atoms with E-state index in [1.807, 2.05) is 12.1 Å². The van der Waals surface area contributed by atoms with E-state index in [-0.39, 0.29) is 12.4 Å². The van der Waals surface area contributed by atoms with Gasteiger partial charge in [-0.3, -0.25) is 0 Å². The number of nitrogens with zero attached hydrogens (tertiary/aromatic N) is 3. The van der Waals surface area contributed by atoms with Crippen molar-refractivity contribution in [1.82, 2.24) is 20.1 Å². The largest absolute Gasteiger partial charge is 0.342 e. The van der Waals surface area contributed by atoms with Crippen molar-refractivity contribution in [2.45, 2.75) is 51.0 Å². The first kappa shape index (κ1) is 16.9. The van der Waals surface area contributed by atoms with E-state index in [1.165, 1.54) is 5.56 Å². The predicted molar refractivity (Wildman–Crippen MR) is 94.1 cm³/mol. The van der Waals surface area contributed by atoms with Gasteiger partial charge in [-0.05, 0) is 31.4 Å². The zero-order valence-corrected chi connectivity index (χ0v) is 14.5. The minimum Gasteiger partial charge on any atom is -0.342 e. The SMILES string of the molecule is Cc1cccc2[nH]c(CCc3nc(C4(N)CCCC4)no3)nc12.Cl. The molecule has 0 spiro atoms. The number of aromatic nitrogens is 4. The van der Waals surface area contributed by atoms with Gasteiger partial charge in [0.25, 0.3) is 0 Å². The summed E-state index contributed by atoms with van der Waals surface area (Å²) in [5.41, 5.74) is 9.25. The molecular weight excluding hydrogens is 326 g/mol. The van der Waals surface area contributed by atoms with Gasteiger partial charge >= 0.3 is 0 Å². The second-order valence-corrected chi connectivity index (χ2v) is 6.53. The van der Waals surface area contributed by atoms with Crippen LogP contribution in [-0.4, -0.2) is 20.1 Å².